The number of rotatable bonds is 6. The van der Waals surface area contributed by atoms with Crippen LogP contribution < -0.4 is 5.32 Å². The molecule has 0 spiro atoms. The van der Waals surface area contributed by atoms with Gasteiger partial charge in [-0.05, 0) is 12.0 Å². The van der Waals surface area contributed by atoms with Crippen molar-refractivity contribution in [3.63, 3.8) is 0 Å². The minimum absolute atomic E-state index is 0.0727. The number of nitrogens with one attached hydrogen (secondary N) is 1. The van der Waals surface area contributed by atoms with Gasteiger partial charge < -0.3 is 10.4 Å². The Morgan fingerprint density at radius 2 is 1.94 bits per heavy atom. The van der Waals surface area contributed by atoms with E-state index in [1.807, 2.05) is 13.8 Å². The number of nitro groups is 1. The highest BCUT2D eigenvalue weighted by Gasteiger charge is 2.08. The van der Waals surface area contributed by atoms with Gasteiger partial charge in [0.2, 0.25) is 0 Å². The van der Waals surface area contributed by atoms with Crippen LogP contribution in [0.25, 0.3) is 0 Å². The topological polar surface area (TPSA) is 75.4 Å². The van der Waals surface area contributed by atoms with E-state index in [4.69, 9.17) is 0 Å². The number of hydrogen-bond acceptors (Lipinski definition) is 4. The average molecular weight is 238 g/mol. The molecule has 5 nitrogen and oxygen atoms in total. The molecule has 94 valence electrons. The standard InChI is InChI=1S/C12H18N2O3/c1-9(2)13-8-12(15)7-10-3-5-11(6-4-10)14(16)17/h3-6,9,12-13,15H,7-8H2,1-2H3. The van der Waals surface area contributed by atoms with Crippen LogP contribution in [0.5, 0.6) is 0 Å². The lowest BCUT2D eigenvalue weighted by molar-refractivity contribution is -0.384. The molecule has 0 aliphatic heterocycles. The van der Waals surface area contributed by atoms with Crippen LogP contribution in [0.1, 0.15) is 19.4 Å². The van der Waals surface area contributed by atoms with Gasteiger partial charge in [-0.2, -0.15) is 0 Å². The Balaban J connectivity index is 2.48. The first kappa shape index (κ1) is 13.6. The Hall–Kier alpha value is -1.46. The van der Waals surface area contributed by atoms with Gasteiger partial charge in [-0.15, -0.1) is 0 Å². The molecule has 1 rings (SSSR count). The summed E-state index contributed by atoms with van der Waals surface area (Å²) >= 11 is 0. The largest absolute Gasteiger partial charge is 0.391 e. The molecule has 0 aliphatic rings. The molecule has 1 aromatic carbocycles. The van der Waals surface area contributed by atoms with Crippen LogP contribution in [0.15, 0.2) is 24.3 Å². The number of hydrogen-bond donors (Lipinski definition) is 2. The Kier molecular flexibility index (Phi) is 5.06. The summed E-state index contributed by atoms with van der Waals surface area (Å²) in [6.45, 7) is 4.55. The lowest BCUT2D eigenvalue weighted by Crippen LogP contribution is -2.32. The van der Waals surface area contributed by atoms with E-state index in [0.717, 1.165) is 5.56 Å². The van der Waals surface area contributed by atoms with Crippen molar-refractivity contribution in [2.45, 2.75) is 32.4 Å². The van der Waals surface area contributed by atoms with Crippen molar-refractivity contribution in [3.05, 3.63) is 39.9 Å². The van der Waals surface area contributed by atoms with Crippen LogP contribution in [0.3, 0.4) is 0 Å². The van der Waals surface area contributed by atoms with Crippen molar-refractivity contribution < 1.29 is 10.0 Å². The van der Waals surface area contributed by atoms with E-state index in [1.165, 1.54) is 12.1 Å². The van der Waals surface area contributed by atoms with E-state index in [9.17, 15) is 15.2 Å². The fourth-order valence-electron chi connectivity index (χ4n) is 1.47. The average Bonchev–Trinajstić information content (AvgIpc) is 2.27. The molecule has 0 heterocycles. The van der Waals surface area contributed by atoms with Crippen molar-refractivity contribution in [2.24, 2.45) is 0 Å². The van der Waals surface area contributed by atoms with Crippen molar-refractivity contribution in [1.29, 1.82) is 0 Å². The SMILES string of the molecule is CC(C)NCC(O)Cc1ccc([N+](=O)[O-])cc1. The Bertz CT molecular complexity index is 363. The second-order valence-corrected chi connectivity index (χ2v) is 4.34. The van der Waals surface area contributed by atoms with E-state index in [2.05, 4.69) is 5.32 Å². The molecule has 17 heavy (non-hydrogen) atoms. The molecule has 0 aliphatic carbocycles. The van der Waals surface area contributed by atoms with Gasteiger partial charge in [-0.1, -0.05) is 26.0 Å². The first-order chi connectivity index (χ1) is 7.99. The van der Waals surface area contributed by atoms with Crippen LogP contribution in [0.2, 0.25) is 0 Å². The smallest absolute Gasteiger partial charge is 0.269 e. The zero-order valence-corrected chi connectivity index (χ0v) is 10.1. The van der Waals surface area contributed by atoms with Crippen molar-refractivity contribution in [2.75, 3.05) is 6.54 Å². The molecule has 1 aromatic rings. The predicted molar refractivity (Wildman–Crippen MR) is 65.9 cm³/mol. The fourth-order valence-corrected chi connectivity index (χ4v) is 1.47. The first-order valence-corrected chi connectivity index (χ1v) is 5.64. The maximum atomic E-state index is 10.5. The lowest BCUT2D eigenvalue weighted by atomic mass is 10.1. The predicted octanol–water partition coefficient (Wildman–Crippen LogP) is 1.50. The summed E-state index contributed by atoms with van der Waals surface area (Å²) in [6, 6.07) is 6.60. The molecule has 0 amide bonds. The van der Waals surface area contributed by atoms with Crippen molar-refractivity contribution >= 4 is 5.69 Å². The monoisotopic (exact) mass is 238 g/mol. The Morgan fingerprint density at radius 3 is 2.41 bits per heavy atom. The molecule has 0 aromatic heterocycles. The minimum Gasteiger partial charge on any atom is -0.391 e. The van der Waals surface area contributed by atoms with Gasteiger partial charge in [-0.3, -0.25) is 10.1 Å². The molecule has 1 unspecified atom stereocenters. The molecule has 0 saturated heterocycles. The fraction of sp³-hybridized carbons (Fsp3) is 0.500. The number of benzene rings is 1. The Labute approximate surface area is 101 Å². The normalized spacial score (nSPS) is 12.7. The summed E-state index contributed by atoms with van der Waals surface area (Å²) < 4.78 is 0. The van der Waals surface area contributed by atoms with Crippen LogP contribution in [0.4, 0.5) is 5.69 Å². The minimum atomic E-state index is -0.473. The van der Waals surface area contributed by atoms with Crippen molar-refractivity contribution in [3.8, 4) is 0 Å². The second kappa shape index (κ2) is 6.32. The molecule has 5 heteroatoms. The van der Waals surface area contributed by atoms with E-state index in [-0.39, 0.29) is 5.69 Å². The zero-order valence-electron chi connectivity index (χ0n) is 10.1. The molecule has 2 N–H and O–H groups in total. The molecular weight excluding hydrogens is 220 g/mol. The molecule has 1 atom stereocenters. The number of aliphatic hydroxyl groups is 1. The summed E-state index contributed by atoms with van der Waals surface area (Å²) in [6.07, 6.45) is 0.0245. The maximum Gasteiger partial charge on any atom is 0.269 e. The van der Waals surface area contributed by atoms with Crippen LogP contribution in [-0.2, 0) is 6.42 Å². The van der Waals surface area contributed by atoms with Gasteiger partial charge in [-0.25, -0.2) is 0 Å². The van der Waals surface area contributed by atoms with Gasteiger partial charge in [0.1, 0.15) is 0 Å². The lowest BCUT2D eigenvalue weighted by Gasteiger charge is -2.13. The van der Waals surface area contributed by atoms with E-state index in [1.54, 1.807) is 12.1 Å². The van der Waals surface area contributed by atoms with Crippen LogP contribution >= 0.6 is 0 Å². The molecule has 0 radical (unpaired) electrons. The van der Waals surface area contributed by atoms with Gasteiger partial charge in [0.05, 0.1) is 11.0 Å². The van der Waals surface area contributed by atoms with E-state index in [0.29, 0.717) is 19.0 Å². The first-order valence-electron chi connectivity index (χ1n) is 5.64. The quantitative estimate of drug-likeness (QED) is 0.581. The highest BCUT2D eigenvalue weighted by Crippen LogP contribution is 2.13. The number of aliphatic hydroxyl groups excluding tert-OH is 1. The second-order valence-electron chi connectivity index (χ2n) is 4.34. The molecule has 0 fully saturated rings. The summed E-state index contributed by atoms with van der Waals surface area (Å²) in [5.74, 6) is 0. The Morgan fingerprint density at radius 1 is 1.35 bits per heavy atom. The van der Waals surface area contributed by atoms with E-state index < -0.39 is 11.0 Å². The summed E-state index contributed by atoms with van der Waals surface area (Å²) in [5, 5.41) is 23.3. The van der Waals surface area contributed by atoms with Gasteiger partial charge >= 0.3 is 0 Å². The van der Waals surface area contributed by atoms with Gasteiger partial charge in [0.15, 0.2) is 0 Å². The van der Waals surface area contributed by atoms with Crippen molar-refractivity contribution in [1.82, 2.24) is 5.32 Å². The third kappa shape index (κ3) is 4.93. The number of non-ortho nitro benzene ring substituents is 1. The summed E-state index contributed by atoms with van der Waals surface area (Å²) in [5.41, 5.74) is 0.970. The van der Waals surface area contributed by atoms with E-state index >= 15 is 0 Å². The van der Waals surface area contributed by atoms with Crippen LogP contribution in [-0.4, -0.2) is 28.7 Å². The zero-order chi connectivity index (χ0) is 12.8. The maximum absolute atomic E-state index is 10.5. The molecule has 0 bridgehead atoms. The third-order valence-corrected chi connectivity index (χ3v) is 2.38. The summed E-state index contributed by atoms with van der Waals surface area (Å²) in [7, 11) is 0. The number of nitro benzene ring substituents is 1. The third-order valence-electron chi connectivity index (χ3n) is 2.38. The highest BCUT2D eigenvalue weighted by atomic mass is 16.6. The molecule has 0 saturated carbocycles. The summed E-state index contributed by atoms with van der Waals surface area (Å²) in [4.78, 5) is 10.0. The highest BCUT2D eigenvalue weighted by molar-refractivity contribution is 5.33. The van der Waals surface area contributed by atoms with Gasteiger partial charge in [0.25, 0.3) is 5.69 Å². The van der Waals surface area contributed by atoms with Crippen LogP contribution in [0, 0.1) is 10.1 Å². The number of nitrogens with zero attached hydrogens (tertiary/aromatic N) is 1. The molecular formula is C12H18N2O3. The van der Waals surface area contributed by atoms with Gasteiger partial charge in [0, 0.05) is 24.7 Å².